The lowest BCUT2D eigenvalue weighted by molar-refractivity contribution is 0.173. The lowest BCUT2D eigenvalue weighted by atomic mass is 10.0. The first kappa shape index (κ1) is 12.1. The van der Waals surface area contributed by atoms with Crippen LogP contribution in [-0.4, -0.2) is 13.3 Å². The normalized spacial score (nSPS) is 14.5. The van der Waals surface area contributed by atoms with Crippen molar-refractivity contribution >= 4 is 12.4 Å². The van der Waals surface area contributed by atoms with Crippen LogP contribution in [0.3, 0.4) is 0 Å². The topological polar surface area (TPSA) is 70.5 Å². The predicted octanol–water partition coefficient (Wildman–Crippen LogP) is 1.19. The highest BCUT2D eigenvalue weighted by Crippen LogP contribution is 2.38. The Morgan fingerprint density at radius 1 is 1.33 bits per heavy atom. The third-order valence-corrected chi connectivity index (χ3v) is 2.30. The number of halogens is 1. The zero-order valence-corrected chi connectivity index (χ0v) is 9.13. The second-order valence-corrected chi connectivity index (χ2v) is 3.26. The van der Waals surface area contributed by atoms with Crippen molar-refractivity contribution in [3.05, 3.63) is 23.8 Å². The highest BCUT2D eigenvalue weighted by atomic mass is 35.5. The number of nitrogens with two attached hydrogens (primary N) is 2. The first-order valence-corrected chi connectivity index (χ1v) is 4.67. The van der Waals surface area contributed by atoms with Gasteiger partial charge >= 0.3 is 0 Å². The number of ether oxygens (including phenoxy) is 2. The molecule has 0 aliphatic carbocycles. The van der Waals surface area contributed by atoms with E-state index in [-0.39, 0.29) is 25.2 Å². The fourth-order valence-corrected chi connectivity index (χ4v) is 1.58. The number of fused-ring (bicyclic) bond motifs is 1. The SMILES string of the molecule is Cl.NCC[C@@H](N)c1cccc2c1OCO2. The molecular weight excluding hydrogens is 216 g/mol. The molecule has 15 heavy (non-hydrogen) atoms. The molecule has 0 amide bonds. The van der Waals surface area contributed by atoms with E-state index in [1.807, 2.05) is 18.2 Å². The second-order valence-electron chi connectivity index (χ2n) is 3.26. The maximum absolute atomic E-state index is 5.96. The van der Waals surface area contributed by atoms with Gasteiger partial charge in [-0.3, -0.25) is 0 Å². The Balaban J connectivity index is 0.00000112. The molecular formula is C10H15ClN2O2. The van der Waals surface area contributed by atoms with E-state index in [1.165, 1.54) is 0 Å². The summed E-state index contributed by atoms with van der Waals surface area (Å²) < 4.78 is 10.6. The summed E-state index contributed by atoms with van der Waals surface area (Å²) in [4.78, 5) is 0. The van der Waals surface area contributed by atoms with Gasteiger partial charge < -0.3 is 20.9 Å². The van der Waals surface area contributed by atoms with Gasteiger partial charge in [0.05, 0.1) is 0 Å². The molecule has 0 saturated carbocycles. The van der Waals surface area contributed by atoms with Gasteiger partial charge in [-0.05, 0) is 19.0 Å². The number of benzene rings is 1. The number of rotatable bonds is 3. The third-order valence-electron chi connectivity index (χ3n) is 2.30. The molecule has 0 fully saturated rings. The average Bonchev–Trinajstić information content (AvgIpc) is 2.65. The van der Waals surface area contributed by atoms with Gasteiger partial charge in [-0.25, -0.2) is 0 Å². The minimum atomic E-state index is -0.0725. The van der Waals surface area contributed by atoms with Crippen molar-refractivity contribution in [3.63, 3.8) is 0 Å². The summed E-state index contributed by atoms with van der Waals surface area (Å²) in [5.41, 5.74) is 12.4. The second kappa shape index (κ2) is 5.21. The Morgan fingerprint density at radius 3 is 2.87 bits per heavy atom. The zero-order chi connectivity index (χ0) is 9.97. The molecule has 1 atom stereocenters. The van der Waals surface area contributed by atoms with E-state index >= 15 is 0 Å². The molecule has 84 valence electrons. The van der Waals surface area contributed by atoms with Crippen LogP contribution in [0.2, 0.25) is 0 Å². The molecule has 0 spiro atoms. The van der Waals surface area contributed by atoms with Crippen LogP contribution in [0, 0.1) is 0 Å². The molecule has 1 aliphatic heterocycles. The Bertz CT molecular complexity index is 333. The van der Waals surface area contributed by atoms with Crippen LogP contribution in [0.25, 0.3) is 0 Å². The molecule has 0 saturated heterocycles. The maximum Gasteiger partial charge on any atom is 0.231 e. The lowest BCUT2D eigenvalue weighted by Gasteiger charge is -2.12. The van der Waals surface area contributed by atoms with Crippen LogP contribution in [0.5, 0.6) is 11.5 Å². The van der Waals surface area contributed by atoms with E-state index in [9.17, 15) is 0 Å². The summed E-state index contributed by atoms with van der Waals surface area (Å²) in [5, 5.41) is 0. The molecule has 0 aromatic heterocycles. The molecule has 2 rings (SSSR count). The first-order chi connectivity index (χ1) is 6.83. The van der Waals surface area contributed by atoms with E-state index < -0.39 is 0 Å². The first-order valence-electron chi connectivity index (χ1n) is 4.67. The standard InChI is InChI=1S/C10H14N2O2.ClH/c11-5-4-8(12)7-2-1-3-9-10(7)14-6-13-9;/h1-3,8H,4-6,11-12H2;1H/t8-;/m1./s1. The summed E-state index contributed by atoms with van der Waals surface area (Å²) >= 11 is 0. The van der Waals surface area contributed by atoms with Crippen molar-refractivity contribution in [1.29, 1.82) is 0 Å². The fourth-order valence-electron chi connectivity index (χ4n) is 1.58. The highest BCUT2D eigenvalue weighted by Gasteiger charge is 2.20. The lowest BCUT2D eigenvalue weighted by Crippen LogP contribution is -2.15. The average molecular weight is 231 g/mol. The van der Waals surface area contributed by atoms with Gasteiger partial charge in [-0.1, -0.05) is 12.1 Å². The smallest absolute Gasteiger partial charge is 0.231 e. The van der Waals surface area contributed by atoms with Gasteiger partial charge in [0.2, 0.25) is 6.79 Å². The summed E-state index contributed by atoms with van der Waals surface area (Å²) in [6.45, 7) is 0.855. The number of hydrogen-bond acceptors (Lipinski definition) is 4. The third kappa shape index (κ3) is 2.34. The van der Waals surface area contributed by atoms with Crippen LogP contribution < -0.4 is 20.9 Å². The molecule has 1 aromatic rings. The molecule has 5 heteroatoms. The van der Waals surface area contributed by atoms with Gasteiger partial charge in [0.25, 0.3) is 0 Å². The molecule has 1 aromatic carbocycles. The van der Waals surface area contributed by atoms with Gasteiger partial charge in [0.15, 0.2) is 11.5 Å². The molecule has 1 heterocycles. The largest absolute Gasteiger partial charge is 0.454 e. The van der Waals surface area contributed by atoms with E-state index in [1.54, 1.807) is 0 Å². The van der Waals surface area contributed by atoms with Gasteiger partial charge in [-0.2, -0.15) is 0 Å². The van der Waals surface area contributed by atoms with Crippen molar-refractivity contribution in [1.82, 2.24) is 0 Å². The van der Waals surface area contributed by atoms with Crippen LogP contribution >= 0.6 is 12.4 Å². The van der Waals surface area contributed by atoms with Gasteiger partial charge in [-0.15, -0.1) is 12.4 Å². The predicted molar refractivity (Wildman–Crippen MR) is 60.4 cm³/mol. The molecule has 0 unspecified atom stereocenters. The molecule has 4 N–H and O–H groups in total. The van der Waals surface area contributed by atoms with Crippen molar-refractivity contribution in [3.8, 4) is 11.5 Å². The van der Waals surface area contributed by atoms with Crippen molar-refractivity contribution < 1.29 is 9.47 Å². The molecule has 0 bridgehead atoms. The van der Waals surface area contributed by atoms with Crippen molar-refractivity contribution in [2.45, 2.75) is 12.5 Å². The van der Waals surface area contributed by atoms with Gasteiger partial charge in [0.1, 0.15) is 0 Å². The minimum absolute atomic E-state index is 0. The Labute approximate surface area is 94.9 Å². The van der Waals surface area contributed by atoms with E-state index in [0.29, 0.717) is 6.54 Å². The quantitative estimate of drug-likeness (QED) is 0.818. The number of para-hydroxylation sites is 1. The summed E-state index contributed by atoms with van der Waals surface area (Å²) in [6, 6.07) is 5.67. The summed E-state index contributed by atoms with van der Waals surface area (Å²) in [7, 11) is 0. The van der Waals surface area contributed by atoms with E-state index in [4.69, 9.17) is 20.9 Å². The molecule has 0 radical (unpaired) electrons. The van der Waals surface area contributed by atoms with Crippen LogP contribution in [0.4, 0.5) is 0 Å². The monoisotopic (exact) mass is 230 g/mol. The zero-order valence-electron chi connectivity index (χ0n) is 8.31. The Morgan fingerprint density at radius 2 is 2.13 bits per heavy atom. The van der Waals surface area contributed by atoms with Crippen LogP contribution in [0.15, 0.2) is 18.2 Å². The van der Waals surface area contributed by atoms with Crippen molar-refractivity contribution in [2.75, 3.05) is 13.3 Å². The molecule has 1 aliphatic rings. The van der Waals surface area contributed by atoms with Crippen molar-refractivity contribution in [2.24, 2.45) is 11.5 Å². The minimum Gasteiger partial charge on any atom is -0.454 e. The van der Waals surface area contributed by atoms with E-state index in [0.717, 1.165) is 23.5 Å². The maximum atomic E-state index is 5.96. The number of hydrogen-bond donors (Lipinski definition) is 2. The fraction of sp³-hybridized carbons (Fsp3) is 0.400. The van der Waals surface area contributed by atoms with Crippen LogP contribution in [0.1, 0.15) is 18.0 Å². The summed E-state index contributed by atoms with van der Waals surface area (Å²) in [5.74, 6) is 1.54. The molecule has 4 nitrogen and oxygen atoms in total. The van der Waals surface area contributed by atoms with Gasteiger partial charge in [0, 0.05) is 11.6 Å². The Hall–Kier alpha value is -0.970. The Kier molecular flexibility index (Phi) is 4.20. The highest BCUT2D eigenvalue weighted by molar-refractivity contribution is 5.85. The van der Waals surface area contributed by atoms with Crippen LogP contribution in [-0.2, 0) is 0 Å². The summed E-state index contributed by atoms with van der Waals surface area (Å²) in [6.07, 6.45) is 0.750. The van der Waals surface area contributed by atoms with E-state index in [2.05, 4.69) is 0 Å².